The second-order valence-corrected chi connectivity index (χ2v) is 6.84. The number of alkyl halides is 3. The largest absolute Gasteiger partial charge is 0.418 e. The first kappa shape index (κ1) is 17.5. The number of halogens is 3. The quantitative estimate of drug-likeness (QED) is 0.819. The number of rotatable bonds is 5. The Morgan fingerprint density at radius 2 is 2.00 bits per heavy atom. The first-order valence-corrected chi connectivity index (χ1v) is 7.63. The van der Waals surface area contributed by atoms with Crippen LogP contribution in [0.3, 0.4) is 0 Å². The van der Waals surface area contributed by atoms with Crippen molar-refractivity contribution in [2.24, 2.45) is 0 Å². The molecule has 0 saturated heterocycles. The molecule has 0 heterocycles. The summed E-state index contributed by atoms with van der Waals surface area (Å²) in [6.45, 7) is 3.53. The zero-order valence-corrected chi connectivity index (χ0v) is 12.5. The van der Waals surface area contributed by atoms with Crippen molar-refractivity contribution >= 4 is 28.1 Å². The highest BCUT2D eigenvalue weighted by atomic mass is 32.2. The molecule has 1 rings (SSSR count). The van der Waals surface area contributed by atoms with E-state index in [9.17, 15) is 22.2 Å². The van der Waals surface area contributed by atoms with Crippen LogP contribution in [0.5, 0.6) is 0 Å². The highest BCUT2D eigenvalue weighted by Gasteiger charge is 2.33. The summed E-state index contributed by atoms with van der Waals surface area (Å²) in [6.07, 6.45) is -4.60. The second-order valence-electron chi connectivity index (χ2n) is 4.73. The number of nitrogens with two attached hydrogens (primary N) is 1. The lowest BCUT2D eigenvalue weighted by Gasteiger charge is -2.12. The summed E-state index contributed by atoms with van der Waals surface area (Å²) in [7, 11) is -1.13. The summed E-state index contributed by atoms with van der Waals surface area (Å²) in [5, 5.41) is 2.28. The minimum Gasteiger partial charge on any atom is -0.398 e. The molecule has 0 spiro atoms. The highest BCUT2D eigenvalue weighted by molar-refractivity contribution is 7.85. The van der Waals surface area contributed by atoms with Gasteiger partial charge in [0.15, 0.2) is 0 Å². The molecular formula is C13H17F3N2O2S. The van der Waals surface area contributed by atoms with Gasteiger partial charge in [-0.2, -0.15) is 13.2 Å². The average Bonchev–Trinajstić information content (AvgIpc) is 2.36. The topological polar surface area (TPSA) is 72.2 Å². The number of anilines is 2. The molecule has 4 nitrogen and oxygen atoms in total. The number of benzene rings is 1. The Bertz CT molecular complexity index is 545. The van der Waals surface area contributed by atoms with E-state index in [2.05, 4.69) is 5.32 Å². The van der Waals surface area contributed by atoms with Crippen LogP contribution in [0.25, 0.3) is 0 Å². The Labute approximate surface area is 123 Å². The van der Waals surface area contributed by atoms with Gasteiger partial charge in [0, 0.05) is 39.6 Å². The van der Waals surface area contributed by atoms with Gasteiger partial charge in [0.2, 0.25) is 5.91 Å². The van der Waals surface area contributed by atoms with Crippen molar-refractivity contribution in [1.29, 1.82) is 0 Å². The maximum Gasteiger partial charge on any atom is 0.418 e. The summed E-state index contributed by atoms with van der Waals surface area (Å²) < 4.78 is 49.5. The van der Waals surface area contributed by atoms with Crippen LogP contribution in [-0.2, 0) is 21.8 Å². The van der Waals surface area contributed by atoms with E-state index in [1.807, 2.05) is 0 Å². The summed E-state index contributed by atoms with van der Waals surface area (Å²) in [5.41, 5.74) is 3.88. The number of hydrogen-bond acceptors (Lipinski definition) is 3. The summed E-state index contributed by atoms with van der Waals surface area (Å²) in [6, 6.07) is 3.17. The van der Waals surface area contributed by atoms with Gasteiger partial charge in [-0.1, -0.05) is 13.8 Å². The Balaban J connectivity index is 2.71. The minimum atomic E-state index is -4.58. The monoisotopic (exact) mass is 322 g/mol. The smallest absolute Gasteiger partial charge is 0.398 e. The number of nitrogens with one attached hydrogen (secondary N) is 1. The third kappa shape index (κ3) is 5.37. The van der Waals surface area contributed by atoms with Gasteiger partial charge in [-0.3, -0.25) is 9.00 Å². The van der Waals surface area contributed by atoms with E-state index >= 15 is 0 Å². The van der Waals surface area contributed by atoms with E-state index in [1.54, 1.807) is 13.8 Å². The predicted octanol–water partition coefficient (Wildman–Crippen LogP) is 2.77. The van der Waals surface area contributed by atoms with Crippen molar-refractivity contribution in [2.45, 2.75) is 31.7 Å². The zero-order chi connectivity index (χ0) is 16.2. The first-order chi connectivity index (χ1) is 9.61. The molecule has 0 aliphatic heterocycles. The van der Waals surface area contributed by atoms with Crippen LogP contribution in [0.15, 0.2) is 18.2 Å². The Kier molecular flexibility index (Phi) is 5.77. The summed E-state index contributed by atoms with van der Waals surface area (Å²) in [4.78, 5) is 11.6. The Morgan fingerprint density at radius 3 is 2.52 bits per heavy atom. The van der Waals surface area contributed by atoms with Crippen LogP contribution >= 0.6 is 0 Å². The van der Waals surface area contributed by atoms with Crippen LogP contribution in [-0.4, -0.2) is 21.1 Å². The van der Waals surface area contributed by atoms with E-state index in [4.69, 9.17) is 5.73 Å². The molecule has 0 radical (unpaired) electrons. The molecular weight excluding hydrogens is 305 g/mol. The van der Waals surface area contributed by atoms with Gasteiger partial charge in [0.25, 0.3) is 0 Å². The maximum atomic E-state index is 12.7. The number of carbonyl (C=O) groups excluding carboxylic acids is 1. The standard InChI is InChI=1S/C13H17F3N2O2S/c1-8(2)21(20)6-5-12(19)18-9-3-4-11(17)10(7-9)13(14,15)16/h3-4,7-8H,5-6,17H2,1-2H3,(H,18,19). The normalized spacial score (nSPS) is 13.2. The molecule has 0 aliphatic rings. The third-order valence-electron chi connectivity index (χ3n) is 2.70. The molecule has 21 heavy (non-hydrogen) atoms. The molecule has 1 atom stereocenters. The molecule has 118 valence electrons. The van der Waals surface area contributed by atoms with Gasteiger partial charge >= 0.3 is 6.18 Å². The fourth-order valence-corrected chi connectivity index (χ4v) is 2.39. The predicted molar refractivity (Wildman–Crippen MR) is 77.2 cm³/mol. The van der Waals surface area contributed by atoms with E-state index in [0.29, 0.717) is 0 Å². The molecule has 1 aromatic rings. The van der Waals surface area contributed by atoms with Crippen molar-refractivity contribution in [3.05, 3.63) is 23.8 Å². The van der Waals surface area contributed by atoms with E-state index in [1.165, 1.54) is 6.07 Å². The minimum absolute atomic E-state index is 0.0110. The van der Waals surface area contributed by atoms with Crippen LogP contribution in [0.2, 0.25) is 0 Å². The van der Waals surface area contributed by atoms with Crippen molar-refractivity contribution in [3.63, 3.8) is 0 Å². The van der Waals surface area contributed by atoms with Gasteiger partial charge in [-0.15, -0.1) is 0 Å². The van der Waals surface area contributed by atoms with Crippen LogP contribution in [0, 0.1) is 0 Å². The molecule has 0 bridgehead atoms. The molecule has 0 saturated carbocycles. The van der Waals surface area contributed by atoms with Gasteiger partial charge < -0.3 is 11.1 Å². The second kappa shape index (κ2) is 6.93. The van der Waals surface area contributed by atoms with Crippen LogP contribution in [0.1, 0.15) is 25.8 Å². The zero-order valence-electron chi connectivity index (χ0n) is 11.7. The lowest BCUT2D eigenvalue weighted by atomic mass is 10.1. The molecule has 1 unspecified atom stereocenters. The van der Waals surface area contributed by atoms with Crippen molar-refractivity contribution in [2.75, 3.05) is 16.8 Å². The molecule has 1 amide bonds. The van der Waals surface area contributed by atoms with Crippen molar-refractivity contribution in [3.8, 4) is 0 Å². The van der Waals surface area contributed by atoms with Gasteiger partial charge in [0.05, 0.1) is 5.56 Å². The van der Waals surface area contributed by atoms with Gasteiger partial charge in [-0.25, -0.2) is 0 Å². The van der Waals surface area contributed by atoms with Crippen molar-refractivity contribution < 1.29 is 22.2 Å². The fraction of sp³-hybridized carbons (Fsp3) is 0.462. The number of nitrogen functional groups attached to an aromatic ring is 1. The van der Waals surface area contributed by atoms with Crippen molar-refractivity contribution in [1.82, 2.24) is 0 Å². The van der Waals surface area contributed by atoms with Crippen LogP contribution in [0.4, 0.5) is 24.5 Å². The molecule has 3 N–H and O–H groups in total. The Hall–Kier alpha value is -1.57. The first-order valence-electron chi connectivity index (χ1n) is 6.25. The Morgan fingerprint density at radius 1 is 1.38 bits per heavy atom. The summed E-state index contributed by atoms with van der Waals surface area (Å²) >= 11 is 0. The number of hydrogen-bond donors (Lipinski definition) is 2. The van der Waals surface area contributed by atoms with Gasteiger partial charge in [-0.05, 0) is 18.2 Å². The SMILES string of the molecule is CC(C)S(=O)CCC(=O)Nc1ccc(N)c(C(F)(F)F)c1. The molecule has 0 aliphatic carbocycles. The maximum absolute atomic E-state index is 12.7. The number of carbonyl (C=O) groups is 1. The van der Waals surface area contributed by atoms with Gasteiger partial charge in [0.1, 0.15) is 0 Å². The third-order valence-corrected chi connectivity index (χ3v) is 4.36. The summed E-state index contributed by atoms with van der Waals surface area (Å²) in [5.74, 6) is -0.313. The average molecular weight is 322 g/mol. The molecule has 0 fully saturated rings. The highest BCUT2D eigenvalue weighted by Crippen LogP contribution is 2.35. The lowest BCUT2D eigenvalue weighted by Crippen LogP contribution is -2.18. The van der Waals surface area contributed by atoms with E-state index in [0.717, 1.165) is 12.1 Å². The lowest BCUT2D eigenvalue weighted by molar-refractivity contribution is -0.136. The number of amides is 1. The molecule has 1 aromatic carbocycles. The van der Waals surface area contributed by atoms with E-state index in [-0.39, 0.29) is 23.1 Å². The fourth-order valence-electron chi connectivity index (χ4n) is 1.53. The molecule has 8 heteroatoms. The molecule has 0 aromatic heterocycles. The van der Waals surface area contributed by atoms with Crippen LogP contribution < -0.4 is 11.1 Å². The van der Waals surface area contributed by atoms with E-state index < -0.39 is 34.1 Å².